The maximum atomic E-state index is 13.3. The van der Waals surface area contributed by atoms with Crippen molar-refractivity contribution in [3.05, 3.63) is 73.3 Å². The van der Waals surface area contributed by atoms with E-state index in [9.17, 15) is 9.18 Å². The van der Waals surface area contributed by atoms with Crippen molar-refractivity contribution in [2.24, 2.45) is 0 Å². The van der Waals surface area contributed by atoms with Gasteiger partial charge in [-0.1, -0.05) is 13.0 Å². The maximum Gasteiger partial charge on any atom is 0.230 e. The van der Waals surface area contributed by atoms with Gasteiger partial charge in [-0.15, -0.1) is 0 Å². The lowest BCUT2D eigenvalue weighted by Gasteiger charge is -2.24. The van der Waals surface area contributed by atoms with Gasteiger partial charge in [0.1, 0.15) is 23.7 Å². The first-order valence-corrected chi connectivity index (χ1v) is 12.1. The maximum absolute atomic E-state index is 13.3. The molecule has 4 aromatic rings. The number of benzene rings is 2. The van der Waals surface area contributed by atoms with E-state index in [0.717, 1.165) is 36.0 Å². The van der Waals surface area contributed by atoms with E-state index >= 15 is 0 Å². The molecule has 0 saturated heterocycles. The summed E-state index contributed by atoms with van der Waals surface area (Å²) in [4.78, 5) is 21.0. The number of ether oxygens (including phenoxy) is 1. The van der Waals surface area contributed by atoms with Crippen molar-refractivity contribution in [1.82, 2.24) is 25.5 Å². The van der Waals surface area contributed by atoms with Gasteiger partial charge in [0.2, 0.25) is 5.91 Å². The second-order valence-electron chi connectivity index (χ2n) is 9.30. The van der Waals surface area contributed by atoms with Crippen molar-refractivity contribution in [2.45, 2.75) is 38.6 Å². The van der Waals surface area contributed by atoms with Gasteiger partial charge in [0.05, 0.1) is 18.5 Å². The molecule has 0 spiro atoms. The number of aromatic nitrogens is 4. The zero-order chi connectivity index (χ0) is 26.3. The second-order valence-corrected chi connectivity index (χ2v) is 9.30. The molecule has 0 fully saturated rings. The average molecular weight is 505 g/mol. The molecular weight excluding hydrogens is 473 g/mol. The average Bonchev–Trinajstić information content (AvgIpc) is 3.30. The molecule has 2 aromatic carbocycles. The number of anilines is 3. The van der Waals surface area contributed by atoms with Crippen molar-refractivity contribution in [3.63, 3.8) is 0 Å². The second kappa shape index (κ2) is 11.8. The number of rotatable bonds is 12. The lowest BCUT2D eigenvalue weighted by atomic mass is 10.0. The van der Waals surface area contributed by atoms with Gasteiger partial charge >= 0.3 is 0 Å². The van der Waals surface area contributed by atoms with Gasteiger partial charge < -0.3 is 20.7 Å². The number of H-pyrrole nitrogens is 1. The van der Waals surface area contributed by atoms with E-state index < -0.39 is 5.82 Å². The minimum atomic E-state index is -0.414. The summed E-state index contributed by atoms with van der Waals surface area (Å²) in [7, 11) is 0. The van der Waals surface area contributed by atoms with Gasteiger partial charge in [-0.05, 0) is 63.6 Å². The fourth-order valence-electron chi connectivity index (χ4n) is 3.59. The molecule has 0 atom stereocenters. The van der Waals surface area contributed by atoms with Crippen LogP contribution in [-0.2, 0) is 11.2 Å². The molecule has 0 saturated carbocycles. The minimum absolute atomic E-state index is 0.0215. The Hall–Kier alpha value is -4.05. The normalized spacial score (nSPS) is 11.5. The Morgan fingerprint density at radius 1 is 1.16 bits per heavy atom. The molecule has 2 heterocycles. The summed E-state index contributed by atoms with van der Waals surface area (Å²) in [6.45, 7) is 9.65. The molecule has 4 rings (SSSR count). The van der Waals surface area contributed by atoms with Crippen LogP contribution in [0.2, 0.25) is 0 Å². The third-order valence-corrected chi connectivity index (χ3v) is 5.76. The van der Waals surface area contributed by atoms with Gasteiger partial charge in [-0.2, -0.15) is 5.10 Å². The quantitative estimate of drug-likeness (QED) is 0.205. The van der Waals surface area contributed by atoms with Crippen LogP contribution in [-0.4, -0.2) is 44.8 Å². The van der Waals surface area contributed by atoms with E-state index in [1.165, 1.54) is 24.5 Å². The highest BCUT2D eigenvalue weighted by Gasteiger charge is 2.13. The Kier molecular flexibility index (Phi) is 8.29. The molecular formula is C27H31FN7O2. The van der Waals surface area contributed by atoms with E-state index in [2.05, 4.69) is 56.9 Å². The van der Waals surface area contributed by atoms with E-state index in [4.69, 9.17) is 4.74 Å². The lowest BCUT2D eigenvalue weighted by molar-refractivity contribution is -0.115. The highest BCUT2D eigenvalue weighted by molar-refractivity contribution is 5.93. The fourth-order valence-corrected chi connectivity index (χ4v) is 3.59. The van der Waals surface area contributed by atoms with Crippen molar-refractivity contribution < 1.29 is 13.9 Å². The van der Waals surface area contributed by atoms with Gasteiger partial charge in [-0.3, -0.25) is 9.89 Å². The molecule has 1 radical (unpaired) electrons. The molecule has 2 aromatic heterocycles. The van der Waals surface area contributed by atoms with Crippen LogP contribution in [0.4, 0.5) is 21.7 Å². The number of amides is 1. The third-order valence-electron chi connectivity index (χ3n) is 5.76. The predicted molar refractivity (Wildman–Crippen MR) is 142 cm³/mol. The Balaban J connectivity index is 1.33. The zero-order valence-corrected chi connectivity index (χ0v) is 21.0. The van der Waals surface area contributed by atoms with Gasteiger partial charge in [0.15, 0.2) is 5.82 Å². The standard InChI is InChI=1S/C27H31FN7O2/c1-4-27(2,3)31-11-6-12-37-21-9-10-22-23(16-21)29-17-30-26(22)33-24-14-20(34-35-24)15-25(36)32-19-8-5-7-18(28)13-19/h5,7-10,13-14,16-17,31H,1,4,6,11-12,15H2,2-3H3,(H,32,36)(H2,29,30,33,34,35). The van der Waals surface area contributed by atoms with Crippen LogP contribution in [0.1, 0.15) is 32.4 Å². The monoisotopic (exact) mass is 504 g/mol. The van der Waals surface area contributed by atoms with Gasteiger partial charge in [-0.25, -0.2) is 14.4 Å². The van der Waals surface area contributed by atoms with Crippen LogP contribution in [0, 0.1) is 12.7 Å². The first-order valence-electron chi connectivity index (χ1n) is 12.1. The molecule has 0 bridgehead atoms. The molecule has 4 N–H and O–H groups in total. The topological polar surface area (TPSA) is 117 Å². The summed E-state index contributed by atoms with van der Waals surface area (Å²) < 4.78 is 19.2. The number of carbonyl (C=O) groups is 1. The largest absolute Gasteiger partial charge is 0.493 e. The predicted octanol–water partition coefficient (Wildman–Crippen LogP) is 4.78. The van der Waals surface area contributed by atoms with Crippen LogP contribution in [0.25, 0.3) is 10.9 Å². The number of fused-ring (bicyclic) bond motifs is 1. The zero-order valence-electron chi connectivity index (χ0n) is 21.0. The van der Waals surface area contributed by atoms with Crippen molar-refractivity contribution >= 4 is 34.1 Å². The van der Waals surface area contributed by atoms with E-state index in [1.54, 1.807) is 12.1 Å². The van der Waals surface area contributed by atoms with Crippen LogP contribution < -0.4 is 20.7 Å². The van der Waals surface area contributed by atoms with Crippen LogP contribution >= 0.6 is 0 Å². The summed E-state index contributed by atoms with van der Waals surface area (Å²) in [5.74, 6) is 1.12. The van der Waals surface area contributed by atoms with Gasteiger partial charge in [0, 0.05) is 34.4 Å². The van der Waals surface area contributed by atoms with Crippen molar-refractivity contribution in [1.29, 1.82) is 0 Å². The van der Waals surface area contributed by atoms with Crippen LogP contribution in [0.5, 0.6) is 5.75 Å². The molecule has 37 heavy (non-hydrogen) atoms. The summed E-state index contributed by atoms with van der Waals surface area (Å²) in [5, 5.41) is 17.2. The number of halogens is 1. The number of carbonyl (C=O) groups excluding carboxylic acids is 1. The highest BCUT2D eigenvalue weighted by atomic mass is 19.1. The Bertz CT molecular complexity index is 1360. The number of nitrogens with one attached hydrogen (secondary N) is 4. The molecule has 10 heteroatoms. The minimum Gasteiger partial charge on any atom is -0.493 e. The summed E-state index contributed by atoms with van der Waals surface area (Å²) >= 11 is 0. The number of hydrogen-bond acceptors (Lipinski definition) is 7. The SMILES string of the molecule is [CH2]CC(C)(C)NCCCOc1ccc2c(Nc3cc(CC(=O)Nc4cccc(F)c4)[nH]n3)ncnc2c1. The molecule has 0 aliphatic rings. The van der Waals surface area contributed by atoms with E-state index in [-0.39, 0.29) is 17.9 Å². The van der Waals surface area contributed by atoms with Crippen molar-refractivity contribution in [3.8, 4) is 5.75 Å². The van der Waals surface area contributed by atoms with Crippen LogP contribution in [0.15, 0.2) is 54.9 Å². The third kappa shape index (κ3) is 7.47. The van der Waals surface area contributed by atoms with Crippen molar-refractivity contribution in [2.75, 3.05) is 23.8 Å². The summed E-state index contributed by atoms with van der Waals surface area (Å²) in [5.41, 5.74) is 1.75. The highest BCUT2D eigenvalue weighted by Crippen LogP contribution is 2.26. The van der Waals surface area contributed by atoms with Crippen LogP contribution in [0.3, 0.4) is 0 Å². The van der Waals surface area contributed by atoms with Gasteiger partial charge in [0.25, 0.3) is 0 Å². The smallest absolute Gasteiger partial charge is 0.230 e. The molecule has 1 amide bonds. The first kappa shape index (κ1) is 26.0. The van der Waals surface area contributed by atoms with E-state index in [1.807, 2.05) is 18.2 Å². The Morgan fingerprint density at radius 3 is 2.84 bits per heavy atom. The number of hydrogen-bond donors (Lipinski definition) is 4. The molecule has 0 unspecified atom stereocenters. The molecule has 193 valence electrons. The summed E-state index contributed by atoms with van der Waals surface area (Å²) in [6, 6.07) is 13.1. The number of nitrogens with zero attached hydrogens (tertiary/aromatic N) is 3. The number of aromatic amines is 1. The Morgan fingerprint density at radius 2 is 2.03 bits per heavy atom. The molecule has 0 aliphatic carbocycles. The molecule has 9 nitrogen and oxygen atoms in total. The fraction of sp³-hybridized carbons (Fsp3) is 0.296. The molecule has 0 aliphatic heterocycles. The Labute approximate surface area is 215 Å². The lowest BCUT2D eigenvalue weighted by Crippen LogP contribution is -2.39. The summed E-state index contributed by atoms with van der Waals surface area (Å²) in [6.07, 6.45) is 3.22. The first-order chi connectivity index (χ1) is 17.8. The van der Waals surface area contributed by atoms with E-state index in [0.29, 0.717) is 29.6 Å².